The summed E-state index contributed by atoms with van der Waals surface area (Å²) in [7, 11) is 0. The molecule has 2 heterocycles. The minimum absolute atomic E-state index is 0.0498. The van der Waals surface area contributed by atoms with Gasteiger partial charge in [0, 0.05) is 28.8 Å². The lowest BCUT2D eigenvalue weighted by Gasteiger charge is -2.12. The molecular weight excluding hydrogens is 284 g/mol. The molecule has 0 aliphatic rings. The van der Waals surface area contributed by atoms with Crippen LogP contribution in [0.25, 0.3) is 0 Å². The Morgan fingerprint density at radius 2 is 2.16 bits per heavy atom. The Bertz CT molecular complexity index is 537. The van der Waals surface area contributed by atoms with Crippen LogP contribution in [0, 0.1) is 0 Å². The average molecular weight is 296 g/mol. The number of carbonyl (C=O) groups is 2. The van der Waals surface area contributed by atoms with E-state index in [1.807, 2.05) is 17.5 Å². The van der Waals surface area contributed by atoms with E-state index in [-0.39, 0.29) is 24.7 Å². The first-order chi connectivity index (χ1) is 9.15. The molecule has 19 heavy (non-hydrogen) atoms. The van der Waals surface area contributed by atoms with E-state index in [2.05, 4.69) is 10.3 Å². The van der Waals surface area contributed by atoms with Gasteiger partial charge in [0.15, 0.2) is 5.13 Å². The molecule has 0 saturated heterocycles. The molecule has 0 aliphatic heterocycles. The molecule has 7 heteroatoms. The van der Waals surface area contributed by atoms with Crippen LogP contribution in [0.2, 0.25) is 0 Å². The van der Waals surface area contributed by atoms with Crippen molar-refractivity contribution in [3.8, 4) is 0 Å². The van der Waals surface area contributed by atoms with Gasteiger partial charge in [-0.1, -0.05) is 6.07 Å². The van der Waals surface area contributed by atoms with E-state index in [1.54, 1.807) is 11.6 Å². The van der Waals surface area contributed by atoms with E-state index in [4.69, 9.17) is 5.11 Å². The van der Waals surface area contributed by atoms with Gasteiger partial charge in [0.05, 0.1) is 6.42 Å². The maximum atomic E-state index is 11.9. The second kappa shape index (κ2) is 6.44. The molecule has 2 aromatic rings. The number of hydrogen-bond acceptors (Lipinski definition) is 5. The predicted octanol–water partition coefficient (Wildman–Crippen LogP) is 2.79. The zero-order chi connectivity index (χ0) is 13.7. The highest BCUT2D eigenvalue weighted by molar-refractivity contribution is 7.13. The largest absolute Gasteiger partial charge is 0.481 e. The number of nitrogens with zero attached hydrogens (tertiary/aromatic N) is 1. The molecule has 0 fully saturated rings. The second-order valence-corrected chi connectivity index (χ2v) is 5.77. The van der Waals surface area contributed by atoms with E-state index in [0.29, 0.717) is 5.13 Å². The van der Waals surface area contributed by atoms with Crippen LogP contribution in [0.3, 0.4) is 0 Å². The number of carboxylic acid groups (broad SMARTS) is 1. The Morgan fingerprint density at radius 3 is 2.74 bits per heavy atom. The van der Waals surface area contributed by atoms with Crippen molar-refractivity contribution < 1.29 is 14.7 Å². The summed E-state index contributed by atoms with van der Waals surface area (Å²) in [6.45, 7) is 0. The Morgan fingerprint density at radius 1 is 1.32 bits per heavy atom. The van der Waals surface area contributed by atoms with E-state index in [1.165, 1.54) is 22.7 Å². The van der Waals surface area contributed by atoms with Crippen molar-refractivity contribution in [3.05, 3.63) is 34.0 Å². The molecule has 0 bridgehead atoms. The Hall–Kier alpha value is -1.73. The molecule has 2 rings (SSSR count). The van der Waals surface area contributed by atoms with Gasteiger partial charge in [-0.05, 0) is 11.4 Å². The van der Waals surface area contributed by atoms with Gasteiger partial charge in [-0.3, -0.25) is 9.59 Å². The highest BCUT2D eigenvalue weighted by Crippen LogP contribution is 2.28. The average Bonchev–Trinajstić information content (AvgIpc) is 2.99. The van der Waals surface area contributed by atoms with Crippen molar-refractivity contribution in [3.63, 3.8) is 0 Å². The van der Waals surface area contributed by atoms with Crippen LogP contribution in [0.1, 0.15) is 23.6 Å². The molecule has 0 unspecified atom stereocenters. The summed E-state index contributed by atoms with van der Waals surface area (Å²) in [5.74, 6) is -1.41. The number of anilines is 1. The van der Waals surface area contributed by atoms with Crippen LogP contribution in [-0.2, 0) is 9.59 Å². The minimum atomic E-state index is -0.902. The number of carbonyl (C=O) groups excluding carboxylic acids is 1. The van der Waals surface area contributed by atoms with Gasteiger partial charge in [0.25, 0.3) is 0 Å². The summed E-state index contributed by atoms with van der Waals surface area (Å²) < 4.78 is 0. The monoisotopic (exact) mass is 296 g/mol. The van der Waals surface area contributed by atoms with Crippen molar-refractivity contribution in [2.24, 2.45) is 0 Å². The van der Waals surface area contributed by atoms with Crippen LogP contribution in [0.5, 0.6) is 0 Å². The van der Waals surface area contributed by atoms with E-state index in [0.717, 1.165) is 4.88 Å². The van der Waals surface area contributed by atoms with Crippen molar-refractivity contribution in [2.45, 2.75) is 18.8 Å². The van der Waals surface area contributed by atoms with E-state index < -0.39 is 5.97 Å². The Balaban J connectivity index is 1.99. The molecule has 0 radical (unpaired) electrons. The highest BCUT2D eigenvalue weighted by Gasteiger charge is 2.20. The molecule has 1 amide bonds. The van der Waals surface area contributed by atoms with Crippen LogP contribution < -0.4 is 5.32 Å². The van der Waals surface area contributed by atoms with Crippen molar-refractivity contribution in [1.82, 2.24) is 4.98 Å². The number of thiophene rings is 1. The molecule has 0 saturated carbocycles. The first-order valence-corrected chi connectivity index (χ1v) is 7.35. The number of aliphatic carboxylic acids is 1. The molecule has 100 valence electrons. The standard InChI is InChI=1S/C12H12N2O3S2/c15-10(14-12-13-3-5-19-12)6-8(7-11(16)17)9-2-1-4-18-9/h1-5,8H,6-7H2,(H,16,17)(H,13,14,15)/t8-/m1/s1. The summed E-state index contributed by atoms with van der Waals surface area (Å²) in [6.07, 6.45) is 1.70. The van der Waals surface area contributed by atoms with Gasteiger partial charge >= 0.3 is 5.97 Å². The van der Waals surface area contributed by atoms with E-state index >= 15 is 0 Å². The first kappa shape index (κ1) is 13.7. The van der Waals surface area contributed by atoms with Crippen LogP contribution >= 0.6 is 22.7 Å². The lowest BCUT2D eigenvalue weighted by atomic mass is 9.99. The normalized spacial score (nSPS) is 12.0. The lowest BCUT2D eigenvalue weighted by Crippen LogP contribution is -2.17. The topological polar surface area (TPSA) is 79.3 Å². The summed E-state index contributed by atoms with van der Waals surface area (Å²) in [5.41, 5.74) is 0. The number of thiazole rings is 1. The quantitative estimate of drug-likeness (QED) is 0.859. The SMILES string of the molecule is O=C(O)C[C@@H](CC(=O)Nc1nccs1)c1cccs1. The third kappa shape index (κ3) is 4.15. The molecule has 2 N–H and O–H groups in total. The summed E-state index contributed by atoms with van der Waals surface area (Å²) in [4.78, 5) is 27.6. The predicted molar refractivity (Wildman–Crippen MR) is 74.7 cm³/mol. The molecule has 0 aliphatic carbocycles. The van der Waals surface area contributed by atoms with Gasteiger partial charge in [0.1, 0.15) is 0 Å². The summed E-state index contributed by atoms with van der Waals surface area (Å²) >= 11 is 2.80. The second-order valence-electron chi connectivity index (χ2n) is 3.90. The fourth-order valence-electron chi connectivity index (χ4n) is 1.69. The first-order valence-electron chi connectivity index (χ1n) is 5.59. The Kier molecular flexibility index (Phi) is 4.64. The maximum Gasteiger partial charge on any atom is 0.304 e. The fraction of sp³-hybridized carbons (Fsp3) is 0.250. The van der Waals surface area contributed by atoms with Crippen molar-refractivity contribution in [2.75, 3.05) is 5.32 Å². The fourth-order valence-corrected chi connectivity index (χ4v) is 3.06. The van der Waals surface area contributed by atoms with Gasteiger partial charge in [0.2, 0.25) is 5.91 Å². The third-order valence-corrected chi connectivity index (χ3v) is 4.20. The number of carboxylic acids is 1. The number of hydrogen-bond donors (Lipinski definition) is 2. The van der Waals surface area contributed by atoms with Crippen LogP contribution in [0.4, 0.5) is 5.13 Å². The minimum Gasteiger partial charge on any atom is -0.481 e. The molecule has 0 spiro atoms. The van der Waals surface area contributed by atoms with Gasteiger partial charge in [-0.25, -0.2) is 4.98 Å². The van der Waals surface area contributed by atoms with Crippen molar-refractivity contribution >= 4 is 39.7 Å². The number of aromatic nitrogens is 1. The number of rotatable bonds is 6. The highest BCUT2D eigenvalue weighted by atomic mass is 32.1. The number of nitrogens with one attached hydrogen (secondary N) is 1. The maximum absolute atomic E-state index is 11.9. The Labute approximate surface area is 117 Å². The summed E-state index contributed by atoms with van der Waals surface area (Å²) in [6, 6.07) is 3.71. The number of amides is 1. The third-order valence-electron chi connectivity index (χ3n) is 2.48. The smallest absolute Gasteiger partial charge is 0.304 e. The van der Waals surface area contributed by atoms with Crippen LogP contribution in [-0.4, -0.2) is 22.0 Å². The molecule has 5 nitrogen and oxygen atoms in total. The van der Waals surface area contributed by atoms with Gasteiger partial charge in [-0.15, -0.1) is 22.7 Å². The zero-order valence-electron chi connectivity index (χ0n) is 9.91. The molecule has 1 atom stereocenters. The molecule has 0 aromatic carbocycles. The lowest BCUT2D eigenvalue weighted by molar-refractivity contribution is -0.137. The van der Waals surface area contributed by atoms with Crippen molar-refractivity contribution in [1.29, 1.82) is 0 Å². The van der Waals surface area contributed by atoms with Crippen LogP contribution in [0.15, 0.2) is 29.1 Å². The van der Waals surface area contributed by atoms with Gasteiger partial charge < -0.3 is 10.4 Å². The van der Waals surface area contributed by atoms with Gasteiger partial charge in [-0.2, -0.15) is 0 Å². The summed E-state index contributed by atoms with van der Waals surface area (Å²) in [5, 5.41) is 15.8. The molecule has 2 aromatic heterocycles. The van der Waals surface area contributed by atoms with E-state index in [9.17, 15) is 9.59 Å². The zero-order valence-corrected chi connectivity index (χ0v) is 11.5. The molecular formula is C12H12N2O3S2.